The molecule has 1 aliphatic heterocycles. The topological polar surface area (TPSA) is 89.9 Å². The van der Waals surface area contributed by atoms with Crippen molar-refractivity contribution < 1.29 is 19.8 Å². The Labute approximate surface area is 107 Å². The number of carbonyl (C=O) groups excluding carboxylic acids is 1. The monoisotopic (exact) mass is 258 g/mol. The quantitative estimate of drug-likeness (QED) is 0.607. The van der Waals surface area contributed by atoms with Crippen LogP contribution >= 0.6 is 0 Å². The summed E-state index contributed by atoms with van der Waals surface area (Å²) in [4.78, 5) is 23.8. The number of carbonyl (C=O) groups is 2. The predicted octanol–water partition coefficient (Wildman–Crippen LogP) is -0.330. The summed E-state index contributed by atoms with van der Waals surface area (Å²) in [7, 11) is 0. The molecule has 0 radical (unpaired) electrons. The zero-order chi connectivity index (χ0) is 13.5. The summed E-state index contributed by atoms with van der Waals surface area (Å²) >= 11 is 0. The van der Waals surface area contributed by atoms with Crippen molar-refractivity contribution >= 4 is 11.9 Å². The number of hydrogen-bond acceptors (Lipinski definition) is 4. The predicted molar refractivity (Wildman–Crippen MR) is 66.1 cm³/mol. The van der Waals surface area contributed by atoms with Gasteiger partial charge in [0, 0.05) is 39.0 Å². The lowest BCUT2D eigenvalue weighted by Crippen LogP contribution is -2.51. The molecule has 3 N–H and O–H groups in total. The molecule has 1 amide bonds. The van der Waals surface area contributed by atoms with E-state index in [1.807, 2.05) is 0 Å². The number of amides is 1. The lowest BCUT2D eigenvalue weighted by molar-refractivity contribution is -0.137. The number of piperidine rings is 1. The van der Waals surface area contributed by atoms with E-state index in [2.05, 4.69) is 5.32 Å². The number of aliphatic carboxylic acids is 1. The summed E-state index contributed by atoms with van der Waals surface area (Å²) in [6, 6.07) is 0.147. The van der Waals surface area contributed by atoms with Crippen LogP contribution in [-0.4, -0.2) is 59.3 Å². The number of likely N-dealkylation sites (tertiary alicyclic amines) is 1. The Balaban J connectivity index is 2.50. The van der Waals surface area contributed by atoms with Gasteiger partial charge in [0.05, 0.1) is 6.61 Å². The van der Waals surface area contributed by atoms with Gasteiger partial charge in [-0.15, -0.1) is 0 Å². The van der Waals surface area contributed by atoms with Crippen LogP contribution in [0, 0.1) is 5.92 Å². The maximum atomic E-state index is 11.4. The molecule has 0 bridgehead atoms. The average Bonchev–Trinajstić information content (AvgIpc) is 2.33. The third-order valence-electron chi connectivity index (χ3n) is 3.29. The van der Waals surface area contributed by atoms with Gasteiger partial charge in [-0.05, 0) is 18.8 Å². The lowest BCUT2D eigenvalue weighted by Gasteiger charge is -2.37. The van der Waals surface area contributed by atoms with E-state index in [1.165, 1.54) is 6.92 Å². The molecule has 0 spiro atoms. The number of carboxylic acids is 1. The Morgan fingerprint density at radius 1 is 1.39 bits per heavy atom. The first kappa shape index (κ1) is 14.9. The molecular weight excluding hydrogens is 236 g/mol. The van der Waals surface area contributed by atoms with Crippen LogP contribution in [-0.2, 0) is 9.59 Å². The number of aliphatic hydroxyl groups is 1. The van der Waals surface area contributed by atoms with Crippen LogP contribution in [0.3, 0.4) is 0 Å². The minimum atomic E-state index is -0.796. The van der Waals surface area contributed by atoms with Gasteiger partial charge in [0.15, 0.2) is 0 Å². The molecule has 0 aromatic carbocycles. The van der Waals surface area contributed by atoms with E-state index in [9.17, 15) is 9.59 Å². The second kappa shape index (κ2) is 7.33. The Hall–Kier alpha value is -1.14. The first-order valence-electron chi connectivity index (χ1n) is 6.34. The minimum absolute atomic E-state index is 0.0193. The summed E-state index contributed by atoms with van der Waals surface area (Å²) in [6.45, 7) is 3.37. The summed E-state index contributed by atoms with van der Waals surface area (Å²) in [5, 5.41) is 20.7. The van der Waals surface area contributed by atoms with E-state index >= 15 is 0 Å². The lowest BCUT2D eigenvalue weighted by atomic mass is 9.90. The van der Waals surface area contributed by atoms with Gasteiger partial charge < -0.3 is 20.4 Å². The summed E-state index contributed by atoms with van der Waals surface area (Å²) in [6.07, 6.45) is 1.59. The van der Waals surface area contributed by atoms with Crippen molar-refractivity contribution in [2.24, 2.45) is 5.92 Å². The molecule has 0 aromatic rings. The molecule has 0 saturated carbocycles. The average molecular weight is 258 g/mol. The van der Waals surface area contributed by atoms with E-state index in [4.69, 9.17) is 10.2 Å². The second-order valence-corrected chi connectivity index (χ2v) is 4.83. The molecule has 1 rings (SSSR count). The maximum Gasteiger partial charge on any atom is 0.303 e. The molecule has 0 aliphatic carbocycles. The van der Waals surface area contributed by atoms with Crippen molar-refractivity contribution in [3.8, 4) is 0 Å². The van der Waals surface area contributed by atoms with E-state index < -0.39 is 5.97 Å². The smallest absolute Gasteiger partial charge is 0.303 e. The highest BCUT2D eigenvalue weighted by molar-refractivity contribution is 5.73. The highest BCUT2D eigenvalue weighted by Crippen LogP contribution is 2.21. The third kappa shape index (κ3) is 5.01. The number of nitrogens with zero attached hydrogens (tertiary/aromatic N) is 1. The van der Waals surface area contributed by atoms with Crippen LogP contribution in [0.25, 0.3) is 0 Å². The highest BCUT2D eigenvalue weighted by Gasteiger charge is 2.28. The molecular formula is C12H22N2O4. The summed E-state index contributed by atoms with van der Waals surface area (Å²) < 4.78 is 0. The van der Waals surface area contributed by atoms with Crippen LogP contribution in [0.1, 0.15) is 26.2 Å². The molecule has 0 aromatic heterocycles. The SMILES string of the molecule is CC(=O)N1CC(CCC(=O)O)CC(NCCO)C1. The van der Waals surface area contributed by atoms with E-state index in [0.717, 1.165) is 6.42 Å². The van der Waals surface area contributed by atoms with Crippen molar-refractivity contribution in [3.05, 3.63) is 0 Å². The molecule has 1 saturated heterocycles. The first-order valence-corrected chi connectivity index (χ1v) is 6.34. The fourth-order valence-electron chi connectivity index (χ4n) is 2.41. The molecule has 6 heteroatoms. The number of aliphatic hydroxyl groups excluding tert-OH is 1. The number of rotatable bonds is 6. The van der Waals surface area contributed by atoms with Gasteiger partial charge in [0.2, 0.25) is 5.91 Å². The van der Waals surface area contributed by atoms with E-state index in [-0.39, 0.29) is 30.9 Å². The fourth-order valence-corrected chi connectivity index (χ4v) is 2.41. The number of carboxylic acid groups (broad SMARTS) is 1. The molecule has 104 valence electrons. The second-order valence-electron chi connectivity index (χ2n) is 4.83. The molecule has 2 atom stereocenters. The molecule has 2 unspecified atom stereocenters. The summed E-state index contributed by atoms with van der Waals surface area (Å²) in [5.41, 5.74) is 0. The van der Waals surface area contributed by atoms with Crippen LogP contribution in [0.15, 0.2) is 0 Å². The molecule has 1 aliphatic rings. The molecule has 18 heavy (non-hydrogen) atoms. The van der Waals surface area contributed by atoms with Crippen LogP contribution in [0.2, 0.25) is 0 Å². The van der Waals surface area contributed by atoms with Gasteiger partial charge in [-0.3, -0.25) is 9.59 Å². The van der Waals surface area contributed by atoms with Crippen molar-refractivity contribution in [3.63, 3.8) is 0 Å². The normalized spacial score (nSPS) is 24.0. The zero-order valence-corrected chi connectivity index (χ0v) is 10.8. The largest absolute Gasteiger partial charge is 0.481 e. The zero-order valence-electron chi connectivity index (χ0n) is 10.8. The van der Waals surface area contributed by atoms with Gasteiger partial charge >= 0.3 is 5.97 Å². The van der Waals surface area contributed by atoms with Crippen LogP contribution < -0.4 is 5.32 Å². The first-order chi connectivity index (χ1) is 8.52. The third-order valence-corrected chi connectivity index (χ3v) is 3.29. The van der Waals surface area contributed by atoms with Gasteiger partial charge in [-0.1, -0.05) is 0 Å². The van der Waals surface area contributed by atoms with Gasteiger partial charge in [0.1, 0.15) is 0 Å². The van der Waals surface area contributed by atoms with Gasteiger partial charge in [0.25, 0.3) is 0 Å². The van der Waals surface area contributed by atoms with Crippen LogP contribution in [0.4, 0.5) is 0 Å². The van der Waals surface area contributed by atoms with Crippen molar-refractivity contribution in [2.75, 3.05) is 26.2 Å². The maximum absolute atomic E-state index is 11.4. The Morgan fingerprint density at radius 3 is 2.67 bits per heavy atom. The van der Waals surface area contributed by atoms with E-state index in [0.29, 0.717) is 26.1 Å². The van der Waals surface area contributed by atoms with Crippen molar-refractivity contribution in [2.45, 2.75) is 32.2 Å². The number of hydrogen-bond donors (Lipinski definition) is 3. The highest BCUT2D eigenvalue weighted by atomic mass is 16.4. The van der Waals surface area contributed by atoms with Crippen molar-refractivity contribution in [1.29, 1.82) is 0 Å². The van der Waals surface area contributed by atoms with Crippen molar-refractivity contribution in [1.82, 2.24) is 10.2 Å². The minimum Gasteiger partial charge on any atom is -0.481 e. The van der Waals surface area contributed by atoms with Gasteiger partial charge in [-0.25, -0.2) is 0 Å². The molecule has 1 fully saturated rings. The number of nitrogens with one attached hydrogen (secondary N) is 1. The Morgan fingerprint density at radius 2 is 2.11 bits per heavy atom. The molecule has 1 heterocycles. The Bertz CT molecular complexity index is 296. The van der Waals surface area contributed by atoms with E-state index in [1.54, 1.807) is 4.90 Å². The van der Waals surface area contributed by atoms with Crippen LogP contribution in [0.5, 0.6) is 0 Å². The molecule has 6 nitrogen and oxygen atoms in total. The van der Waals surface area contributed by atoms with Gasteiger partial charge in [-0.2, -0.15) is 0 Å². The fraction of sp³-hybridized carbons (Fsp3) is 0.833. The summed E-state index contributed by atoms with van der Waals surface area (Å²) in [5.74, 6) is -0.560. The standard InChI is InChI=1S/C12H22N2O4/c1-9(16)14-7-10(2-3-12(17)18)6-11(8-14)13-4-5-15/h10-11,13,15H,2-8H2,1H3,(H,17,18). The Kier molecular flexibility index (Phi) is 6.07.